The molecule has 0 aliphatic carbocycles. The molecule has 0 bridgehead atoms. The summed E-state index contributed by atoms with van der Waals surface area (Å²) in [4.78, 5) is 4.54. The SMILES string of the molecule is C[C@@H](N=CC(C)(C)C)c1ccccc1.[C-]#[O+].[C-]#[O+].[C-]#[O+].[Cr]. The Morgan fingerprint density at radius 1 is 0.952 bits per heavy atom. The van der Waals surface area contributed by atoms with Gasteiger partial charge in [-0.1, -0.05) is 51.1 Å². The molecule has 4 nitrogen and oxygen atoms in total. The van der Waals surface area contributed by atoms with E-state index in [-0.39, 0.29) is 28.8 Å². The summed E-state index contributed by atoms with van der Waals surface area (Å²) in [7, 11) is 0. The fourth-order valence-electron chi connectivity index (χ4n) is 1.15. The quantitative estimate of drug-likeness (QED) is 0.451. The summed E-state index contributed by atoms with van der Waals surface area (Å²) in [5.41, 5.74) is 1.44. The molecule has 0 saturated carbocycles. The van der Waals surface area contributed by atoms with Crippen LogP contribution in [-0.4, -0.2) is 6.21 Å². The number of hydrogen-bond acceptors (Lipinski definition) is 1. The summed E-state index contributed by atoms with van der Waals surface area (Å²) in [5.74, 6) is 0. The maximum Gasteiger partial charge on any atom is 0 e. The Morgan fingerprint density at radius 2 is 1.33 bits per heavy atom. The van der Waals surface area contributed by atoms with Crippen LogP contribution in [0.25, 0.3) is 0 Å². The van der Waals surface area contributed by atoms with Crippen molar-refractivity contribution in [1.82, 2.24) is 0 Å². The number of rotatable bonds is 2. The first-order valence-corrected chi connectivity index (χ1v) is 5.69. The van der Waals surface area contributed by atoms with Gasteiger partial charge in [-0.25, -0.2) is 0 Å². The van der Waals surface area contributed by atoms with E-state index in [1.807, 2.05) is 12.3 Å². The Kier molecular flexibility index (Phi) is 24.8. The van der Waals surface area contributed by atoms with E-state index in [0.29, 0.717) is 0 Å². The van der Waals surface area contributed by atoms with Crippen LogP contribution in [0.1, 0.15) is 39.3 Å². The molecule has 1 aromatic carbocycles. The second kappa shape index (κ2) is 18.6. The van der Waals surface area contributed by atoms with E-state index in [9.17, 15) is 0 Å². The van der Waals surface area contributed by atoms with Crippen LogP contribution in [0.5, 0.6) is 0 Å². The molecule has 1 aromatic rings. The van der Waals surface area contributed by atoms with Crippen molar-refractivity contribution < 1.29 is 31.3 Å². The molecule has 0 N–H and O–H groups in total. The van der Waals surface area contributed by atoms with Gasteiger partial charge in [-0.05, 0) is 17.9 Å². The molecular weight excluding hydrogens is 306 g/mol. The number of nitrogens with zero attached hydrogens (tertiary/aromatic N) is 1. The topological polar surface area (TPSA) is 72.1 Å². The Morgan fingerprint density at radius 3 is 1.67 bits per heavy atom. The zero-order chi connectivity index (χ0) is 16.6. The maximum atomic E-state index is 7.50. The Balaban J connectivity index is -0.000000183. The van der Waals surface area contributed by atoms with Gasteiger partial charge < -0.3 is 0 Å². The average molecular weight is 325 g/mol. The summed E-state index contributed by atoms with van der Waals surface area (Å²) in [6.07, 6.45) is 2.03. The van der Waals surface area contributed by atoms with Crippen molar-refractivity contribution in [3.8, 4) is 0 Å². The first kappa shape index (κ1) is 27.9. The summed E-state index contributed by atoms with van der Waals surface area (Å²) in [6.45, 7) is 22.1. The van der Waals surface area contributed by atoms with Crippen molar-refractivity contribution in [3.05, 3.63) is 55.8 Å². The third kappa shape index (κ3) is 18.6. The Hall–Kier alpha value is -1.36. The summed E-state index contributed by atoms with van der Waals surface area (Å²) in [6, 6.07) is 10.6. The smallest absolute Gasteiger partial charge is 0 e. The van der Waals surface area contributed by atoms with Gasteiger partial charge >= 0.3 is 33.9 Å². The van der Waals surface area contributed by atoms with Crippen molar-refractivity contribution in [1.29, 1.82) is 0 Å². The third-order valence-corrected chi connectivity index (χ3v) is 1.97. The van der Waals surface area contributed by atoms with Crippen LogP contribution in [0.4, 0.5) is 0 Å². The van der Waals surface area contributed by atoms with Gasteiger partial charge in [0.25, 0.3) is 0 Å². The van der Waals surface area contributed by atoms with E-state index in [0.717, 1.165) is 0 Å². The molecule has 0 unspecified atom stereocenters. The van der Waals surface area contributed by atoms with Crippen LogP contribution < -0.4 is 0 Å². The molecule has 0 radical (unpaired) electrons. The van der Waals surface area contributed by atoms with Crippen LogP contribution in [-0.2, 0) is 31.3 Å². The second-order valence-electron chi connectivity index (χ2n) is 4.73. The van der Waals surface area contributed by atoms with Gasteiger partial charge in [-0.15, -0.1) is 0 Å². The van der Waals surface area contributed by atoms with Gasteiger partial charge in [0.15, 0.2) is 0 Å². The van der Waals surface area contributed by atoms with Gasteiger partial charge in [0.1, 0.15) is 0 Å². The normalized spacial score (nSPS) is 10.0. The second-order valence-corrected chi connectivity index (χ2v) is 4.73. The van der Waals surface area contributed by atoms with E-state index < -0.39 is 0 Å². The number of hydrogen-bond donors (Lipinski definition) is 0. The molecule has 0 spiro atoms. The summed E-state index contributed by atoms with van der Waals surface area (Å²) >= 11 is 0. The molecular formula is C16H19CrNO3. The van der Waals surface area contributed by atoms with E-state index in [1.165, 1.54) is 5.56 Å². The zero-order valence-electron chi connectivity index (χ0n) is 12.6. The van der Waals surface area contributed by atoms with Gasteiger partial charge in [0.05, 0.1) is 6.04 Å². The van der Waals surface area contributed by atoms with E-state index >= 15 is 0 Å². The van der Waals surface area contributed by atoms with Crippen LogP contribution in [0, 0.1) is 25.4 Å². The van der Waals surface area contributed by atoms with Crippen molar-refractivity contribution in [2.45, 2.75) is 33.7 Å². The van der Waals surface area contributed by atoms with Crippen LogP contribution in [0.2, 0.25) is 0 Å². The minimum atomic E-state index is 0. The molecule has 0 amide bonds. The number of aliphatic imine (C=N–C) groups is 1. The van der Waals surface area contributed by atoms with E-state index in [4.69, 9.17) is 14.0 Å². The standard InChI is InChI=1S/C13H19N.3CO.Cr/c1-11(14-10-13(2,3)4)12-8-6-5-7-9-12;3*1-2;/h5-11H,1-4H3;;;;/t11-;;;;/m1..../s1. The molecule has 112 valence electrons. The molecule has 1 rings (SSSR count). The zero-order valence-corrected chi connectivity index (χ0v) is 13.9. The molecule has 0 fully saturated rings. The fraction of sp³-hybridized carbons (Fsp3) is 0.375. The first-order chi connectivity index (χ1) is 9.49. The van der Waals surface area contributed by atoms with Crippen LogP contribution in [0.3, 0.4) is 0 Å². The molecule has 0 aliphatic heterocycles. The average Bonchev–Trinajstić information content (AvgIpc) is 2.51. The van der Waals surface area contributed by atoms with Crippen molar-refractivity contribution in [3.63, 3.8) is 0 Å². The molecule has 0 aliphatic rings. The minimum absolute atomic E-state index is 0. The molecule has 0 aromatic heterocycles. The summed E-state index contributed by atoms with van der Waals surface area (Å²) in [5, 5.41) is 0. The Labute approximate surface area is 138 Å². The van der Waals surface area contributed by atoms with E-state index in [1.54, 1.807) is 0 Å². The molecule has 1 atom stereocenters. The number of benzene rings is 1. The summed E-state index contributed by atoms with van der Waals surface area (Å²) < 4.78 is 22.5. The molecule has 5 heteroatoms. The van der Waals surface area contributed by atoms with Gasteiger partial charge in [-0.2, -0.15) is 0 Å². The van der Waals surface area contributed by atoms with Crippen molar-refractivity contribution >= 4 is 6.21 Å². The van der Waals surface area contributed by atoms with Gasteiger partial charge in [0.2, 0.25) is 0 Å². The van der Waals surface area contributed by atoms with Crippen LogP contribution >= 0.6 is 0 Å². The molecule has 0 saturated heterocycles. The van der Waals surface area contributed by atoms with Crippen molar-refractivity contribution in [2.75, 3.05) is 0 Å². The third-order valence-electron chi connectivity index (χ3n) is 1.97. The molecule has 21 heavy (non-hydrogen) atoms. The van der Waals surface area contributed by atoms with Gasteiger partial charge in [0, 0.05) is 23.6 Å². The fourth-order valence-corrected chi connectivity index (χ4v) is 1.15. The largest absolute Gasteiger partial charge is 0 e. The van der Waals surface area contributed by atoms with Gasteiger partial charge in [-0.3, -0.25) is 4.99 Å². The predicted molar refractivity (Wildman–Crippen MR) is 74.6 cm³/mol. The van der Waals surface area contributed by atoms with Crippen molar-refractivity contribution in [2.24, 2.45) is 10.4 Å². The maximum absolute atomic E-state index is 7.50. The van der Waals surface area contributed by atoms with E-state index in [2.05, 4.69) is 76.9 Å². The minimum Gasteiger partial charge on any atom is 0 e. The van der Waals surface area contributed by atoms with Crippen LogP contribution in [0.15, 0.2) is 35.3 Å². The predicted octanol–water partition coefficient (Wildman–Crippen LogP) is 3.75. The first-order valence-electron chi connectivity index (χ1n) is 5.69. The Bertz CT molecular complexity index is 402. The monoisotopic (exact) mass is 325 g/mol. The molecule has 0 heterocycles.